The largest absolute Gasteiger partial charge is 0.369 e. The predicted molar refractivity (Wildman–Crippen MR) is 122 cm³/mol. The van der Waals surface area contributed by atoms with Crippen LogP contribution in [-0.4, -0.2) is 27.8 Å². The Morgan fingerprint density at radius 1 is 1.13 bits per heavy atom. The van der Waals surface area contributed by atoms with Gasteiger partial charge >= 0.3 is 0 Å². The summed E-state index contributed by atoms with van der Waals surface area (Å²) in [5, 5.41) is 4.30. The molecule has 3 heterocycles. The van der Waals surface area contributed by atoms with E-state index in [2.05, 4.69) is 31.0 Å². The average Bonchev–Trinajstić information content (AvgIpc) is 3.27. The van der Waals surface area contributed by atoms with E-state index in [0.717, 1.165) is 36.0 Å². The first-order valence-corrected chi connectivity index (χ1v) is 11.0. The number of aromatic nitrogens is 3. The topological polar surface area (TPSA) is 64.2 Å². The van der Waals surface area contributed by atoms with Crippen molar-refractivity contribution in [2.45, 2.75) is 19.3 Å². The standard InChI is InChI=1S/C23H20BrFN4O2/c1-28-13-17(23-26-22(27-31-23)14-6-5-7-15(24)10-14)21(30)16-11-18(25)20(12-19(16)28)29-8-3-2-4-9-29/h5-7,10-13H,2-4,8-9H2,1H3. The highest BCUT2D eigenvalue weighted by molar-refractivity contribution is 9.10. The Morgan fingerprint density at radius 3 is 2.71 bits per heavy atom. The van der Waals surface area contributed by atoms with Crippen LogP contribution in [-0.2, 0) is 7.05 Å². The van der Waals surface area contributed by atoms with Gasteiger partial charge in [0.05, 0.1) is 11.2 Å². The Bertz CT molecular complexity index is 1340. The summed E-state index contributed by atoms with van der Waals surface area (Å²) in [6, 6.07) is 10.6. The molecule has 8 heteroatoms. The smallest absolute Gasteiger partial charge is 0.263 e. The van der Waals surface area contributed by atoms with Crippen LogP contribution < -0.4 is 10.3 Å². The molecule has 1 saturated heterocycles. The second-order valence-electron chi connectivity index (χ2n) is 7.78. The van der Waals surface area contributed by atoms with Crippen LogP contribution in [0.25, 0.3) is 33.7 Å². The lowest BCUT2D eigenvalue weighted by molar-refractivity contribution is 0.432. The number of hydrogen-bond donors (Lipinski definition) is 0. The van der Waals surface area contributed by atoms with Gasteiger partial charge in [0.25, 0.3) is 5.89 Å². The van der Waals surface area contributed by atoms with Crippen LogP contribution in [0.5, 0.6) is 0 Å². The summed E-state index contributed by atoms with van der Waals surface area (Å²) >= 11 is 3.42. The molecular weight excluding hydrogens is 463 g/mol. The van der Waals surface area contributed by atoms with Crippen LogP contribution in [0.4, 0.5) is 10.1 Å². The van der Waals surface area contributed by atoms with E-state index >= 15 is 0 Å². The van der Waals surface area contributed by atoms with Crippen molar-refractivity contribution < 1.29 is 8.91 Å². The van der Waals surface area contributed by atoms with Gasteiger partial charge in [0.15, 0.2) is 0 Å². The second kappa shape index (κ2) is 7.92. The molecule has 0 spiro atoms. The lowest BCUT2D eigenvalue weighted by Gasteiger charge is -2.29. The van der Waals surface area contributed by atoms with Crippen LogP contribution in [0.2, 0.25) is 0 Å². The first kappa shape index (κ1) is 19.9. The molecule has 0 bridgehead atoms. The van der Waals surface area contributed by atoms with Gasteiger partial charge in [-0.05, 0) is 43.5 Å². The minimum Gasteiger partial charge on any atom is -0.369 e. The fraction of sp³-hybridized carbons (Fsp3) is 0.261. The number of halogens is 2. The maximum absolute atomic E-state index is 15.0. The fourth-order valence-electron chi connectivity index (χ4n) is 4.10. The van der Waals surface area contributed by atoms with E-state index in [9.17, 15) is 9.18 Å². The number of piperidine rings is 1. The average molecular weight is 483 g/mol. The zero-order chi connectivity index (χ0) is 21.5. The van der Waals surface area contributed by atoms with Crippen molar-refractivity contribution in [2.75, 3.05) is 18.0 Å². The van der Waals surface area contributed by atoms with Crippen molar-refractivity contribution in [1.82, 2.24) is 14.7 Å². The molecular formula is C23H20BrFN4O2. The summed E-state index contributed by atoms with van der Waals surface area (Å²) in [6.07, 6.45) is 4.93. The van der Waals surface area contributed by atoms with Gasteiger partial charge in [0.1, 0.15) is 11.4 Å². The zero-order valence-electron chi connectivity index (χ0n) is 16.9. The molecule has 1 aliphatic heterocycles. The van der Waals surface area contributed by atoms with Crippen molar-refractivity contribution in [3.05, 3.63) is 63.1 Å². The van der Waals surface area contributed by atoms with E-state index < -0.39 is 0 Å². The van der Waals surface area contributed by atoms with Crippen LogP contribution in [0, 0.1) is 5.82 Å². The number of benzene rings is 2. The van der Waals surface area contributed by atoms with Gasteiger partial charge in [0.2, 0.25) is 11.3 Å². The van der Waals surface area contributed by atoms with E-state index in [1.807, 2.05) is 35.9 Å². The lowest BCUT2D eigenvalue weighted by atomic mass is 10.1. The minimum absolute atomic E-state index is 0.109. The molecule has 0 unspecified atom stereocenters. The maximum atomic E-state index is 15.0. The zero-order valence-corrected chi connectivity index (χ0v) is 18.5. The van der Waals surface area contributed by atoms with Crippen LogP contribution in [0.15, 0.2) is 56.4 Å². The molecule has 1 aliphatic rings. The molecule has 0 radical (unpaired) electrons. The summed E-state index contributed by atoms with van der Waals surface area (Å²) in [6.45, 7) is 1.66. The van der Waals surface area contributed by atoms with E-state index in [1.54, 1.807) is 12.3 Å². The van der Waals surface area contributed by atoms with Crippen molar-refractivity contribution >= 4 is 32.5 Å². The monoisotopic (exact) mass is 482 g/mol. The molecule has 4 aromatic rings. The highest BCUT2D eigenvalue weighted by Crippen LogP contribution is 2.29. The summed E-state index contributed by atoms with van der Waals surface area (Å²) < 4.78 is 23.0. The normalized spacial score (nSPS) is 14.4. The Balaban J connectivity index is 1.60. The van der Waals surface area contributed by atoms with E-state index in [4.69, 9.17) is 4.52 Å². The third-order valence-electron chi connectivity index (χ3n) is 5.69. The molecule has 5 rings (SSSR count). The molecule has 31 heavy (non-hydrogen) atoms. The highest BCUT2D eigenvalue weighted by atomic mass is 79.9. The quantitative estimate of drug-likeness (QED) is 0.404. The van der Waals surface area contributed by atoms with Gasteiger partial charge in [-0.2, -0.15) is 4.98 Å². The van der Waals surface area contributed by atoms with Crippen molar-refractivity contribution in [1.29, 1.82) is 0 Å². The fourth-order valence-corrected chi connectivity index (χ4v) is 4.50. The van der Waals surface area contributed by atoms with Gasteiger partial charge < -0.3 is 14.0 Å². The van der Waals surface area contributed by atoms with Gasteiger partial charge in [-0.1, -0.05) is 33.2 Å². The summed E-state index contributed by atoms with van der Waals surface area (Å²) in [4.78, 5) is 19.6. The lowest BCUT2D eigenvalue weighted by Crippen LogP contribution is -2.30. The van der Waals surface area contributed by atoms with Crippen molar-refractivity contribution in [2.24, 2.45) is 7.05 Å². The SMILES string of the molecule is Cn1cc(-c2nc(-c3cccc(Br)c3)no2)c(=O)c2cc(F)c(N3CCCCC3)cc21. The molecule has 0 N–H and O–H groups in total. The Kier molecular flexibility index (Phi) is 5.09. The van der Waals surface area contributed by atoms with Gasteiger partial charge in [-0.15, -0.1) is 0 Å². The second-order valence-corrected chi connectivity index (χ2v) is 8.70. The van der Waals surface area contributed by atoms with E-state index in [1.165, 1.54) is 12.5 Å². The third kappa shape index (κ3) is 3.65. The van der Waals surface area contributed by atoms with E-state index in [0.29, 0.717) is 22.4 Å². The Labute approximate surface area is 186 Å². The van der Waals surface area contributed by atoms with Crippen LogP contribution in [0.1, 0.15) is 19.3 Å². The number of nitrogens with zero attached hydrogens (tertiary/aromatic N) is 4. The predicted octanol–water partition coefficient (Wildman–Crippen LogP) is 5.15. The van der Waals surface area contributed by atoms with Crippen LogP contribution in [0.3, 0.4) is 0 Å². The molecule has 0 saturated carbocycles. The minimum atomic E-state index is -0.385. The van der Waals surface area contributed by atoms with Gasteiger partial charge in [-0.25, -0.2) is 4.39 Å². The number of pyridine rings is 1. The maximum Gasteiger partial charge on any atom is 0.263 e. The third-order valence-corrected chi connectivity index (χ3v) is 6.19. The highest BCUT2D eigenvalue weighted by Gasteiger charge is 2.20. The summed E-state index contributed by atoms with van der Waals surface area (Å²) in [5.74, 6) is 0.104. The number of hydrogen-bond acceptors (Lipinski definition) is 5. The molecule has 6 nitrogen and oxygen atoms in total. The van der Waals surface area contributed by atoms with Gasteiger partial charge in [-0.3, -0.25) is 4.79 Å². The number of rotatable bonds is 3. The molecule has 2 aromatic carbocycles. The number of fused-ring (bicyclic) bond motifs is 1. The van der Waals surface area contributed by atoms with Gasteiger partial charge in [0, 0.05) is 41.8 Å². The summed E-state index contributed by atoms with van der Waals surface area (Å²) in [5.41, 5.74) is 1.89. The molecule has 0 atom stereocenters. The molecule has 0 aliphatic carbocycles. The molecule has 2 aromatic heterocycles. The first-order valence-electron chi connectivity index (χ1n) is 10.2. The van der Waals surface area contributed by atoms with Crippen molar-refractivity contribution in [3.63, 3.8) is 0 Å². The van der Waals surface area contributed by atoms with Crippen molar-refractivity contribution in [3.8, 4) is 22.8 Å². The molecule has 1 fully saturated rings. The first-order chi connectivity index (χ1) is 15.0. The Morgan fingerprint density at radius 2 is 1.94 bits per heavy atom. The van der Waals surface area contributed by atoms with Crippen LogP contribution >= 0.6 is 15.9 Å². The molecule has 158 valence electrons. The summed E-state index contributed by atoms with van der Waals surface area (Å²) in [7, 11) is 1.83. The number of aryl methyl sites for hydroxylation is 1. The Hall–Kier alpha value is -3.00. The van der Waals surface area contributed by atoms with E-state index in [-0.39, 0.29) is 22.7 Å². The molecule has 0 amide bonds. The number of anilines is 1.